The van der Waals surface area contributed by atoms with Crippen LogP contribution in [0, 0.1) is 0 Å². The molecule has 0 spiro atoms. The van der Waals surface area contributed by atoms with E-state index in [4.69, 9.17) is 4.74 Å². The van der Waals surface area contributed by atoms with Gasteiger partial charge in [-0.15, -0.1) is 24.0 Å². The van der Waals surface area contributed by atoms with Gasteiger partial charge < -0.3 is 30.9 Å². The third-order valence-corrected chi connectivity index (χ3v) is 5.27. The highest BCUT2D eigenvalue weighted by Gasteiger charge is 2.25. The van der Waals surface area contributed by atoms with Crippen molar-refractivity contribution in [2.45, 2.75) is 38.9 Å². The fourth-order valence-electron chi connectivity index (χ4n) is 3.70. The Morgan fingerprint density at radius 3 is 2.58 bits per heavy atom. The number of urea groups is 1. The third kappa shape index (κ3) is 7.99. The van der Waals surface area contributed by atoms with Crippen molar-refractivity contribution in [3.8, 4) is 5.75 Å². The normalized spacial score (nSPS) is 15.6. The van der Waals surface area contributed by atoms with E-state index in [1.807, 2.05) is 56.3 Å². The highest BCUT2D eigenvalue weighted by Crippen LogP contribution is 2.30. The lowest BCUT2D eigenvalue weighted by atomic mass is 10.2. The molecule has 1 aliphatic rings. The van der Waals surface area contributed by atoms with Gasteiger partial charge in [-0.1, -0.05) is 24.3 Å². The predicted molar refractivity (Wildman–Crippen MR) is 146 cm³/mol. The summed E-state index contributed by atoms with van der Waals surface area (Å²) in [6.45, 7) is 6.35. The number of methoxy groups -OCH3 is 1. The molecule has 3 rings (SSSR count). The van der Waals surface area contributed by atoms with Gasteiger partial charge >= 0.3 is 6.03 Å². The number of hydrogen-bond donors (Lipinski definition) is 4. The SMILES string of the molecule is CN=C(NCc1ccc(NC(=O)NC(C)C)cc1)NC1CCN(c2ccccc2OC)C1.I. The number of rotatable bonds is 7. The molecule has 4 N–H and O–H groups in total. The van der Waals surface area contributed by atoms with E-state index in [0.29, 0.717) is 12.6 Å². The topological polar surface area (TPSA) is 90.0 Å². The zero-order valence-electron chi connectivity index (χ0n) is 19.7. The minimum Gasteiger partial charge on any atom is -0.495 e. The van der Waals surface area contributed by atoms with E-state index in [0.717, 1.165) is 48.2 Å². The molecule has 0 saturated carbocycles. The van der Waals surface area contributed by atoms with Gasteiger partial charge in [0.25, 0.3) is 0 Å². The molecule has 2 amide bonds. The van der Waals surface area contributed by atoms with Gasteiger partial charge in [0, 0.05) is 44.5 Å². The number of nitrogens with zero attached hydrogens (tertiary/aromatic N) is 2. The molecule has 1 saturated heterocycles. The van der Waals surface area contributed by atoms with Crippen molar-refractivity contribution in [3.63, 3.8) is 0 Å². The Morgan fingerprint density at radius 1 is 1.18 bits per heavy atom. The van der Waals surface area contributed by atoms with Gasteiger partial charge in [0.05, 0.1) is 12.8 Å². The van der Waals surface area contributed by atoms with Crippen molar-refractivity contribution < 1.29 is 9.53 Å². The second-order valence-corrected chi connectivity index (χ2v) is 8.12. The molecule has 33 heavy (non-hydrogen) atoms. The Kier molecular flexibility index (Phi) is 10.6. The first kappa shape index (κ1) is 26.6. The minimum atomic E-state index is -0.200. The molecule has 1 aliphatic heterocycles. The van der Waals surface area contributed by atoms with Crippen LogP contribution in [0.5, 0.6) is 5.75 Å². The van der Waals surface area contributed by atoms with E-state index in [9.17, 15) is 4.79 Å². The minimum absolute atomic E-state index is 0. The summed E-state index contributed by atoms with van der Waals surface area (Å²) in [5.41, 5.74) is 2.99. The van der Waals surface area contributed by atoms with E-state index in [-0.39, 0.29) is 36.0 Å². The molecule has 9 heteroatoms. The number of amides is 2. The maximum atomic E-state index is 11.8. The van der Waals surface area contributed by atoms with Gasteiger partial charge in [-0.3, -0.25) is 4.99 Å². The lowest BCUT2D eigenvalue weighted by Gasteiger charge is -2.22. The van der Waals surface area contributed by atoms with Crippen molar-refractivity contribution >= 4 is 47.3 Å². The average molecular weight is 566 g/mol. The maximum absolute atomic E-state index is 11.8. The summed E-state index contributed by atoms with van der Waals surface area (Å²) in [5.74, 6) is 1.67. The van der Waals surface area contributed by atoms with Gasteiger partial charge in [0.2, 0.25) is 0 Å². The van der Waals surface area contributed by atoms with Gasteiger partial charge in [-0.05, 0) is 50.1 Å². The predicted octanol–water partition coefficient (Wildman–Crippen LogP) is 3.79. The number of anilines is 2. The van der Waals surface area contributed by atoms with E-state index in [1.54, 1.807) is 14.2 Å². The standard InChI is InChI=1S/C24H34N6O2.HI/c1-17(2)27-24(31)29-19-11-9-18(10-12-19)15-26-23(25-3)28-20-13-14-30(16-20)21-7-5-6-8-22(21)32-4;/h5-12,17,20H,13-16H2,1-4H3,(H2,25,26,28)(H2,27,29,31);1H. The van der Waals surface area contributed by atoms with Crippen molar-refractivity contribution in [1.29, 1.82) is 0 Å². The number of benzene rings is 2. The summed E-state index contributed by atoms with van der Waals surface area (Å²) >= 11 is 0. The highest BCUT2D eigenvalue weighted by atomic mass is 127. The Morgan fingerprint density at radius 2 is 1.91 bits per heavy atom. The van der Waals surface area contributed by atoms with Crippen LogP contribution in [0.3, 0.4) is 0 Å². The molecule has 180 valence electrons. The first-order valence-corrected chi connectivity index (χ1v) is 11.0. The molecule has 0 aliphatic carbocycles. The molecule has 8 nitrogen and oxygen atoms in total. The van der Waals surface area contributed by atoms with Crippen molar-refractivity contribution in [2.75, 3.05) is 37.5 Å². The van der Waals surface area contributed by atoms with Crippen LogP contribution in [-0.4, -0.2) is 51.3 Å². The van der Waals surface area contributed by atoms with Crippen LogP contribution in [0.4, 0.5) is 16.2 Å². The molecular weight excluding hydrogens is 531 g/mol. The molecule has 0 aromatic heterocycles. The molecule has 1 fully saturated rings. The van der Waals surface area contributed by atoms with Crippen LogP contribution in [0.1, 0.15) is 25.8 Å². The third-order valence-electron chi connectivity index (χ3n) is 5.27. The quantitative estimate of drug-likeness (QED) is 0.233. The summed E-state index contributed by atoms with van der Waals surface area (Å²) in [6.07, 6.45) is 1.03. The Hall–Kier alpha value is -2.69. The lowest BCUT2D eigenvalue weighted by molar-refractivity contribution is 0.250. The van der Waals surface area contributed by atoms with E-state index < -0.39 is 0 Å². The number of para-hydroxylation sites is 2. The Bertz CT molecular complexity index is 919. The molecule has 0 radical (unpaired) electrons. The zero-order chi connectivity index (χ0) is 22.9. The summed E-state index contributed by atoms with van der Waals surface area (Å²) in [7, 11) is 3.49. The lowest BCUT2D eigenvalue weighted by Crippen LogP contribution is -2.44. The number of aliphatic imine (C=N–C) groups is 1. The second-order valence-electron chi connectivity index (χ2n) is 8.12. The van der Waals surface area contributed by atoms with E-state index in [2.05, 4.69) is 37.2 Å². The number of nitrogens with one attached hydrogen (secondary N) is 4. The van der Waals surface area contributed by atoms with Gasteiger partial charge in [-0.25, -0.2) is 4.79 Å². The maximum Gasteiger partial charge on any atom is 0.319 e. The second kappa shape index (κ2) is 13.1. The molecule has 2 aromatic carbocycles. The van der Waals surface area contributed by atoms with Crippen LogP contribution in [0.25, 0.3) is 0 Å². The summed E-state index contributed by atoms with van der Waals surface area (Å²) in [4.78, 5) is 18.5. The molecular formula is C24H35IN6O2. The van der Waals surface area contributed by atoms with Crippen molar-refractivity contribution in [3.05, 3.63) is 54.1 Å². The van der Waals surface area contributed by atoms with Crippen LogP contribution >= 0.6 is 24.0 Å². The molecule has 1 atom stereocenters. The van der Waals surface area contributed by atoms with Crippen molar-refractivity contribution in [2.24, 2.45) is 4.99 Å². The monoisotopic (exact) mass is 566 g/mol. The number of ether oxygens (including phenoxy) is 1. The fraction of sp³-hybridized carbons (Fsp3) is 0.417. The van der Waals surface area contributed by atoms with Gasteiger partial charge in [0.1, 0.15) is 5.75 Å². The van der Waals surface area contributed by atoms with Crippen LogP contribution < -0.4 is 30.9 Å². The molecule has 0 bridgehead atoms. The summed E-state index contributed by atoms with van der Waals surface area (Å²) in [5, 5.41) is 12.5. The van der Waals surface area contributed by atoms with Crippen LogP contribution in [0.15, 0.2) is 53.5 Å². The average Bonchev–Trinajstić information content (AvgIpc) is 3.25. The first-order chi connectivity index (χ1) is 15.5. The zero-order valence-corrected chi connectivity index (χ0v) is 22.1. The summed E-state index contributed by atoms with van der Waals surface area (Å²) in [6, 6.07) is 16.1. The number of hydrogen-bond acceptors (Lipinski definition) is 4. The number of halogens is 1. The number of carbonyl (C=O) groups is 1. The smallest absolute Gasteiger partial charge is 0.319 e. The fourth-order valence-corrected chi connectivity index (χ4v) is 3.70. The van der Waals surface area contributed by atoms with Crippen LogP contribution in [0.2, 0.25) is 0 Å². The molecule has 2 aromatic rings. The van der Waals surface area contributed by atoms with E-state index >= 15 is 0 Å². The van der Waals surface area contributed by atoms with Crippen molar-refractivity contribution in [1.82, 2.24) is 16.0 Å². The Labute approximate surface area is 213 Å². The number of guanidine groups is 1. The number of carbonyl (C=O) groups excluding carboxylic acids is 1. The highest BCUT2D eigenvalue weighted by molar-refractivity contribution is 14.0. The Balaban J connectivity index is 0.00000385. The molecule has 1 unspecified atom stereocenters. The van der Waals surface area contributed by atoms with Crippen LogP contribution in [-0.2, 0) is 6.54 Å². The van der Waals surface area contributed by atoms with E-state index in [1.165, 1.54) is 0 Å². The summed E-state index contributed by atoms with van der Waals surface area (Å²) < 4.78 is 5.50. The largest absolute Gasteiger partial charge is 0.495 e. The van der Waals surface area contributed by atoms with Gasteiger partial charge in [0.15, 0.2) is 5.96 Å². The van der Waals surface area contributed by atoms with Gasteiger partial charge in [-0.2, -0.15) is 0 Å². The molecule has 1 heterocycles. The first-order valence-electron chi connectivity index (χ1n) is 11.0.